The molecule has 34 heavy (non-hydrogen) atoms. The van der Waals surface area contributed by atoms with Gasteiger partial charge in [-0.15, -0.1) is 11.3 Å². The van der Waals surface area contributed by atoms with Crippen LogP contribution in [0.25, 0.3) is 22.3 Å². The first kappa shape index (κ1) is 22.7. The molecule has 4 aromatic rings. The molecule has 2 aromatic carbocycles. The molecule has 2 heterocycles. The second kappa shape index (κ2) is 9.65. The normalized spacial score (nSPS) is 13.7. The molecule has 5 rings (SSSR count). The van der Waals surface area contributed by atoms with Gasteiger partial charge in [-0.05, 0) is 80.6 Å². The lowest BCUT2D eigenvalue weighted by Gasteiger charge is -2.11. The molecule has 174 valence electrons. The van der Waals surface area contributed by atoms with Gasteiger partial charge in [0.1, 0.15) is 22.1 Å². The number of carbonyl (C=O) groups excluding carboxylic acids is 1. The molecule has 0 atom stereocenters. The van der Waals surface area contributed by atoms with E-state index in [-0.39, 0.29) is 5.97 Å². The van der Waals surface area contributed by atoms with Gasteiger partial charge in [0, 0.05) is 26.9 Å². The maximum Gasteiger partial charge on any atom is 0.341 e. The highest BCUT2D eigenvalue weighted by molar-refractivity contribution is 7.16. The number of halogens is 1. The van der Waals surface area contributed by atoms with E-state index in [0.717, 1.165) is 42.2 Å². The van der Waals surface area contributed by atoms with Gasteiger partial charge < -0.3 is 13.9 Å². The molecule has 0 amide bonds. The summed E-state index contributed by atoms with van der Waals surface area (Å²) in [5.41, 5.74) is 3.25. The van der Waals surface area contributed by atoms with Gasteiger partial charge in [-0.3, -0.25) is 0 Å². The van der Waals surface area contributed by atoms with Crippen molar-refractivity contribution >= 4 is 44.9 Å². The van der Waals surface area contributed by atoms with E-state index >= 15 is 0 Å². The third-order valence-corrected chi connectivity index (χ3v) is 7.37. The highest BCUT2D eigenvalue weighted by atomic mass is 35.5. The lowest BCUT2D eigenvalue weighted by atomic mass is 9.95. The molecule has 0 radical (unpaired) electrons. The number of esters is 1. The van der Waals surface area contributed by atoms with Gasteiger partial charge in [0.25, 0.3) is 0 Å². The Balaban J connectivity index is 1.77. The van der Waals surface area contributed by atoms with Crippen LogP contribution < -0.4 is 10.1 Å². The summed E-state index contributed by atoms with van der Waals surface area (Å²) in [6, 6.07) is 15.0. The van der Waals surface area contributed by atoms with E-state index < -0.39 is 0 Å². The first-order valence-electron chi connectivity index (χ1n) is 11.3. The number of methoxy groups -OCH3 is 1. The van der Waals surface area contributed by atoms with Crippen LogP contribution in [0.5, 0.6) is 5.75 Å². The SMILES string of the molecule is CCOC(=O)c1c(N=c2cc(-c3ccc(Cl)cc3)oc3ccc(OC)cc23)sc2c1CCCC2. The van der Waals surface area contributed by atoms with Gasteiger partial charge in [-0.25, -0.2) is 9.79 Å². The standard InChI is InChI=1S/C27H24ClNO4S/c1-3-32-27(30)25-19-6-4-5-7-24(19)34-26(25)29-21-15-23(16-8-10-17(28)11-9-16)33-22-13-12-18(31-2)14-20(21)22/h8-15H,3-7H2,1-2H3. The number of carbonyl (C=O) groups is 1. The molecule has 7 heteroatoms. The highest BCUT2D eigenvalue weighted by Crippen LogP contribution is 2.40. The number of hydrogen-bond donors (Lipinski definition) is 0. The minimum atomic E-state index is -0.305. The Morgan fingerprint density at radius 2 is 1.91 bits per heavy atom. The van der Waals surface area contributed by atoms with Crippen LogP contribution in [0, 0.1) is 0 Å². The predicted molar refractivity (Wildman–Crippen MR) is 135 cm³/mol. The van der Waals surface area contributed by atoms with E-state index in [1.54, 1.807) is 18.4 Å². The van der Waals surface area contributed by atoms with E-state index in [1.807, 2.05) is 55.5 Å². The van der Waals surface area contributed by atoms with Crippen LogP contribution in [-0.4, -0.2) is 19.7 Å². The van der Waals surface area contributed by atoms with E-state index in [4.69, 9.17) is 30.5 Å². The molecular weight excluding hydrogens is 470 g/mol. The number of aryl methyl sites for hydroxylation is 1. The monoisotopic (exact) mass is 493 g/mol. The Labute approximate surface area is 206 Å². The molecule has 0 unspecified atom stereocenters. The molecule has 5 nitrogen and oxygen atoms in total. The lowest BCUT2D eigenvalue weighted by Crippen LogP contribution is -2.10. The molecule has 0 N–H and O–H groups in total. The minimum absolute atomic E-state index is 0.305. The molecule has 1 aliphatic rings. The maximum atomic E-state index is 12.9. The Kier molecular flexibility index (Phi) is 6.44. The summed E-state index contributed by atoms with van der Waals surface area (Å²) in [4.78, 5) is 19.2. The first-order chi connectivity index (χ1) is 16.6. The summed E-state index contributed by atoms with van der Waals surface area (Å²) in [5.74, 6) is 1.06. The van der Waals surface area contributed by atoms with Crippen LogP contribution in [0.4, 0.5) is 5.00 Å². The quantitative estimate of drug-likeness (QED) is 0.278. The Morgan fingerprint density at radius 3 is 2.68 bits per heavy atom. The molecule has 0 spiro atoms. The van der Waals surface area contributed by atoms with Crippen molar-refractivity contribution in [3.63, 3.8) is 0 Å². The zero-order valence-electron chi connectivity index (χ0n) is 19.0. The van der Waals surface area contributed by atoms with Crippen molar-refractivity contribution in [2.45, 2.75) is 32.6 Å². The lowest BCUT2D eigenvalue weighted by molar-refractivity contribution is 0.0526. The van der Waals surface area contributed by atoms with Crippen molar-refractivity contribution in [1.29, 1.82) is 0 Å². The van der Waals surface area contributed by atoms with E-state index in [0.29, 0.717) is 44.6 Å². The fourth-order valence-electron chi connectivity index (χ4n) is 4.28. The highest BCUT2D eigenvalue weighted by Gasteiger charge is 2.26. The van der Waals surface area contributed by atoms with Crippen molar-refractivity contribution in [1.82, 2.24) is 0 Å². The molecule has 0 aliphatic heterocycles. The Hall–Kier alpha value is -3.09. The van der Waals surface area contributed by atoms with Gasteiger partial charge in [0.15, 0.2) is 0 Å². The van der Waals surface area contributed by atoms with E-state index in [2.05, 4.69) is 0 Å². The number of nitrogens with zero attached hydrogens (tertiary/aromatic N) is 1. The molecule has 0 bridgehead atoms. The van der Waals surface area contributed by atoms with Crippen molar-refractivity contribution in [2.75, 3.05) is 13.7 Å². The van der Waals surface area contributed by atoms with Gasteiger partial charge in [0.05, 0.1) is 24.6 Å². The summed E-state index contributed by atoms with van der Waals surface area (Å²) in [7, 11) is 1.63. The smallest absolute Gasteiger partial charge is 0.341 e. The van der Waals surface area contributed by atoms with Crippen LogP contribution in [0.15, 0.2) is 57.9 Å². The third-order valence-electron chi connectivity index (χ3n) is 5.93. The number of fused-ring (bicyclic) bond motifs is 2. The van der Waals surface area contributed by atoms with Gasteiger partial charge in [-0.1, -0.05) is 11.6 Å². The van der Waals surface area contributed by atoms with Crippen molar-refractivity contribution in [3.05, 3.63) is 74.9 Å². The fourth-order valence-corrected chi connectivity index (χ4v) is 5.66. The molecular formula is C27H24ClNO4S. The third kappa shape index (κ3) is 4.36. The number of benzene rings is 2. The number of thiophene rings is 1. The Bertz CT molecular complexity index is 1440. The van der Waals surface area contributed by atoms with Crippen LogP contribution in [0.1, 0.15) is 40.6 Å². The van der Waals surface area contributed by atoms with Crippen molar-refractivity contribution < 1.29 is 18.7 Å². The first-order valence-corrected chi connectivity index (χ1v) is 12.5. The maximum absolute atomic E-state index is 12.9. The second-order valence-electron chi connectivity index (χ2n) is 8.09. The topological polar surface area (TPSA) is 61.0 Å². The molecule has 0 saturated heterocycles. The average Bonchev–Trinajstić information content (AvgIpc) is 3.22. The van der Waals surface area contributed by atoms with Crippen molar-refractivity contribution in [3.8, 4) is 17.1 Å². The second-order valence-corrected chi connectivity index (χ2v) is 9.61. The van der Waals surface area contributed by atoms with Crippen LogP contribution >= 0.6 is 22.9 Å². The zero-order chi connectivity index (χ0) is 23.7. The fraction of sp³-hybridized carbons (Fsp3) is 0.259. The Morgan fingerprint density at radius 1 is 1.12 bits per heavy atom. The summed E-state index contributed by atoms with van der Waals surface area (Å²) in [6.45, 7) is 2.15. The van der Waals surface area contributed by atoms with Gasteiger partial charge in [0.2, 0.25) is 0 Å². The average molecular weight is 494 g/mol. The van der Waals surface area contributed by atoms with Crippen LogP contribution in [-0.2, 0) is 17.6 Å². The summed E-state index contributed by atoms with van der Waals surface area (Å²) in [5, 5.41) is 2.85. The molecule has 0 saturated carbocycles. The largest absolute Gasteiger partial charge is 0.497 e. The number of ether oxygens (including phenoxy) is 2. The van der Waals surface area contributed by atoms with Gasteiger partial charge in [-0.2, -0.15) is 0 Å². The molecule has 1 aliphatic carbocycles. The van der Waals surface area contributed by atoms with Crippen molar-refractivity contribution in [2.24, 2.45) is 4.99 Å². The minimum Gasteiger partial charge on any atom is -0.497 e. The molecule has 0 fully saturated rings. The van der Waals surface area contributed by atoms with E-state index in [9.17, 15) is 4.79 Å². The van der Waals surface area contributed by atoms with Crippen LogP contribution in [0.2, 0.25) is 5.02 Å². The summed E-state index contributed by atoms with van der Waals surface area (Å²) in [6.07, 6.45) is 4.04. The summed E-state index contributed by atoms with van der Waals surface area (Å²) >= 11 is 7.67. The van der Waals surface area contributed by atoms with Crippen LogP contribution in [0.3, 0.4) is 0 Å². The molecule has 2 aromatic heterocycles. The number of hydrogen-bond acceptors (Lipinski definition) is 6. The van der Waals surface area contributed by atoms with Gasteiger partial charge >= 0.3 is 5.97 Å². The van der Waals surface area contributed by atoms with E-state index in [1.165, 1.54) is 4.88 Å². The number of rotatable bonds is 5. The summed E-state index contributed by atoms with van der Waals surface area (Å²) < 4.78 is 17.1. The predicted octanol–water partition coefficient (Wildman–Crippen LogP) is 7.11. The zero-order valence-corrected chi connectivity index (χ0v) is 20.6.